The Labute approximate surface area is 149 Å². The lowest BCUT2D eigenvalue weighted by Crippen LogP contribution is -2.47. The van der Waals surface area contributed by atoms with Gasteiger partial charge in [0.2, 0.25) is 5.95 Å². The van der Waals surface area contributed by atoms with Gasteiger partial charge in [-0.25, -0.2) is 19.9 Å². The van der Waals surface area contributed by atoms with Gasteiger partial charge >= 0.3 is 0 Å². The number of aromatic nitrogens is 4. The monoisotopic (exact) mass is 338 g/mol. The maximum absolute atomic E-state index is 4.91. The van der Waals surface area contributed by atoms with E-state index in [0.717, 1.165) is 60.9 Å². The normalized spacial score (nSPS) is 17.9. The van der Waals surface area contributed by atoms with E-state index in [9.17, 15) is 0 Å². The summed E-state index contributed by atoms with van der Waals surface area (Å²) < 4.78 is 0. The van der Waals surface area contributed by atoms with Crippen LogP contribution in [-0.4, -0.2) is 46.1 Å². The third kappa shape index (κ3) is 3.30. The molecule has 0 radical (unpaired) electrons. The minimum Gasteiger partial charge on any atom is -0.353 e. The average molecular weight is 338 g/mol. The van der Waals surface area contributed by atoms with E-state index in [0.29, 0.717) is 5.92 Å². The molecule has 2 aliphatic rings. The molecule has 0 aromatic carbocycles. The van der Waals surface area contributed by atoms with E-state index in [-0.39, 0.29) is 0 Å². The Morgan fingerprint density at radius 2 is 1.40 bits per heavy atom. The van der Waals surface area contributed by atoms with Crippen molar-refractivity contribution in [2.24, 2.45) is 0 Å². The van der Waals surface area contributed by atoms with E-state index >= 15 is 0 Å². The zero-order valence-corrected chi connectivity index (χ0v) is 15.6. The molecule has 132 valence electrons. The summed E-state index contributed by atoms with van der Waals surface area (Å²) in [5.41, 5.74) is 4.38. The van der Waals surface area contributed by atoms with E-state index in [1.54, 1.807) is 0 Å². The van der Waals surface area contributed by atoms with Crippen molar-refractivity contribution in [3.63, 3.8) is 0 Å². The fraction of sp³-hybridized carbons (Fsp3) is 0.579. The fourth-order valence-corrected chi connectivity index (χ4v) is 3.43. The Hall–Kier alpha value is -2.24. The first-order valence-corrected chi connectivity index (χ1v) is 9.18. The molecule has 0 amide bonds. The van der Waals surface area contributed by atoms with Crippen molar-refractivity contribution in [2.45, 2.75) is 46.5 Å². The van der Waals surface area contributed by atoms with Crippen LogP contribution in [0, 0.1) is 27.7 Å². The van der Waals surface area contributed by atoms with Crippen LogP contribution in [0.5, 0.6) is 0 Å². The summed E-state index contributed by atoms with van der Waals surface area (Å²) in [6.45, 7) is 12.0. The molecule has 2 aromatic heterocycles. The van der Waals surface area contributed by atoms with Crippen molar-refractivity contribution in [2.75, 3.05) is 36.0 Å². The Kier molecular flexibility index (Phi) is 4.06. The minimum absolute atomic E-state index is 0.586. The van der Waals surface area contributed by atoms with E-state index in [4.69, 9.17) is 9.97 Å². The molecule has 0 spiro atoms. The average Bonchev–Trinajstić information content (AvgIpc) is 3.41. The molecule has 2 aromatic rings. The van der Waals surface area contributed by atoms with E-state index < -0.39 is 0 Å². The summed E-state index contributed by atoms with van der Waals surface area (Å²) in [4.78, 5) is 23.5. The number of rotatable bonds is 3. The number of anilines is 2. The van der Waals surface area contributed by atoms with Gasteiger partial charge in [-0.15, -0.1) is 0 Å². The zero-order valence-electron chi connectivity index (χ0n) is 15.6. The van der Waals surface area contributed by atoms with Gasteiger partial charge in [-0.3, -0.25) is 0 Å². The zero-order chi connectivity index (χ0) is 17.6. The summed E-state index contributed by atoms with van der Waals surface area (Å²) >= 11 is 0. The smallest absolute Gasteiger partial charge is 0.225 e. The second-order valence-electron chi connectivity index (χ2n) is 7.31. The standard InChI is InChI=1S/C19H26N6/c1-12-11-13(2)21-19(20-12)25-9-7-24(8-10-25)18-14(3)15(4)22-17(23-18)16-5-6-16/h11,16H,5-10H2,1-4H3. The molecule has 6 nitrogen and oxygen atoms in total. The van der Waals surface area contributed by atoms with Gasteiger partial charge in [0.25, 0.3) is 0 Å². The third-order valence-electron chi connectivity index (χ3n) is 5.16. The van der Waals surface area contributed by atoms with E-state index in [2.05, 4.69) is 33.6 Å². The van der Waals surface area contributed by atoms with Crippen molar-refractivity contribution < 1.29 is 0 Å². The predicted octanol–water partition coefficient (Wildman–Crippen LogP) is 2.70. The van der Waals surface area contributed by atoms with E-state index in [1.807, 2.05) is 19.9 Å². The van der Waals surface area contributed by atoms with Gasteiger partial charge in [0.1, 0.15) is 11.6 Å². The number of aryl methyl sites for hydroxylation is 3. The first kappa shape index (κ1) is 16.2. The highest BCUT2D eigenvalue weighted by Crippen LogP contribution is 2.39. The largest absolute Gasteiger partial charge is 0.353 e. The number of piperazine rings is 1. The molecule has 1 aliphatic carbocycles. The molecule has 6 heteroatoms. The maximum Gasteiger partial charge on any atom is 0.225 e. The Morgan fingerprint density at radius 1 is 0.800 bits per heavy atom. The quantitative estimate of drug-likeness (QED) is 0.858. The Balaban J connectivity index is 1.52. The van der Waals surface area contributed by atoms with Gasteiger partial charge in [0, 0.05) is 54.7 Å². The molecule has 1 saturated heterocycles. The summed E-state index contributed by atoms with van der Waals surface area (Å²) in [6.07, 6.45) is 2.47. The topological polar surface area (TPSA) is 58.0 Å². The van der Waals surface area contributed by atoms with Crippen LogP contribution in [0.2, 0.25) is 0 Å². The molecule has 3 heterocycles. The van der Waals surface area contributed by atoms with Crippen LogP contribution in [0.25, 0.3) is 0 Å². The van der Waals surface area contributed by atoms with Crippen LogP contribution in [0.3, 0.4) is 0 Å². The Morgan fingerprint density at radius 3 is 2.00 bits per heavy atom. The number of hydrogen-bond acceptors (Lipinski definition) is 6. The second kappa shape index (κ2) is 6.24. The van der Waals surface area contributed by atoms with Crippen molar-refractivity contribution in [1.29, 1.82) is 0 Å². The number of hydrogen-bond donors (Lipinski definition) is 0. The predicted molar refractivity (Wildman–Crippen MR) is 99.4 cm³/mol. The lowest BCUT2D eigenvalue weighted by Gasteiger charge is -2.36. The molecule has 2 fully saturated rings. The van der Waals surface area contributed by atoms with Crippen molar-refractivity contribution in [3.05, 3.63) is 34.5 Å². The molecule has 0 atom stereocenters. The van der Waals surface area contributed by atoms with Crippen LogP contribution >= 0.6 is 0 Å². The van der Waals surface area contributed by atoms with Crippen LogP contribution in [0.1, 0.15) is 47.2 Å². The summed E-state index contributed by atoms with van der Waals surface area (Å²) in [6, 6.07) is 2.02. The van der Waals surface area contributed by atoms with Crippen LogP contribution in [0.4, 0.5) is 11.8 Å². The fourth-order valence-electron chi connectivity index (χ4n) is 3.43. The van der Waals surface area contributed by atoms with Crippen molar-refractivity contribution >= 4 is 11.8 Å². The highest BCUT2D eigenvalue weighted by Gasteiger charge is 2.29. The van der Waals surface area contributed by atoms with Crippen molar-refractivity contribution in [1.82, 2.24) is 19.9 Å². The minimum atomic E-state index is 0.586. The Bertz CT molecular complexity index is 770. The number of nitrogens with zero attached hydrogens (tertiary/aromatic N) is 6. The van der Waals surface area contributed by atoms with Gasteiger partial charge in [-0.05, 0) is 46.6 Å². The van der Waals surface area contributed by atoms with Gasteiger partial charge in [0.15, 0.2) is 0 Å². The molecule has 0 N–H and O–H groups in total. The second-order valence-corrected chi connectivity index (χ2v) is 7.31. The highest BCUT2D eigenvalue weighted by molar-refractivity contribution is 5.50. The lowest BCUT2D eigenvalue weighted by molar-refractivity contribution is 0.628. The maximum atomic E-state index is 4.91. The molecular formula is C19H26N6. The molecule has 1 saturated carbocycles. The van der Waals surface area contributed by atoms with Gasteiger partial charge < -0.3 is 9.80 Å². The summed E-state index contributed by atoms with van der Waals surface area (Å²) in [7, 11) is 0. The molecular weight excluding hydrogens is 312 g/mol. The first-order valence-electron chi connectivity index (χ1n) is 9.18. The van der Waals surface area contributed by atoms with Gasteiger partial charge in [-0.1, -0.05) is 0 Å². The van der Waals surface area contributed by atoms with Gasteiger partial charge in [0.05, 0.1) is 0 Å². The molecule has 25 heavy (non-hydrogen) atoms. The molecule has 0 bridgehead atoms. The van der Waals surface area contributed by atoms with Crippen LogP contribution in [-0.2, 0) is 0 Å². The first-order chi connectivity index (χ1) is 12.0. The molecule has 4 rings (SSSR count). The van der Waals surface area contributed by atoms with Crippen LogP contribution < -0.4 is 9.80 Å². The van der Waals surface area contributed by atoms with Crippen molar-refractivity contribution in [3.8, 4) is 0 Å². The summed E-state index contributed by atoms with van der Waals surface area (Å²) in [5.74, 6) is 3.60. The van der Waals surface area contributed by atoms with E-state index in [1.165, 1.54) is 18.4 Å². The molecule has 0 unspecified atom stereocenters. The van der Waals surface area contributed by atoms with Crippen LogP contribution in [0.15, 0.2) is 6.07 Å². The summed E-state index contributed by atoms with van der Waals surface area (Å²) in [5, 5.41) is 0. The SMILES string of the molecule is Cc1cc(C)nc(N2CCN(c3nc(C4CC4)nc(C)c3C)CC2)n1. The van der Waals surface area contributed by atoms with Gasteiger partial charge in [-0.2, -0.15) is 0 Å². The lowest BCUT2D eigenvalue weighted by atomic mass is 10.2. The molecule has 1 aliphatic heterocycles. The third-order valence-corrected chi connectivity index (χ3v) is 5.16. The highest BCUT2D eigenvalue weighted by atomic mass is 15.3.